The van der Waals surface area contributed by atoms with Crippen LogP contribution < -0.4 is 4.90 Å². The molecule has 10 rings (SSSR count). The van der Waals surface area contributed by atoms with Crippen molar-refractivity contribution >= 4 is 81.2 Å². The molecule has 0 amide bonds. The summed E-state index contributed by atoms with van der Waals surface area (Å²) in [7, 11) is 0. The Morgan fingerprint density at radius 1 is 0.490 bits per heavy atom. The van der Waals surface area contributed by atoms with Crippen molar-refractivity contribution in [2.24, 2.45) is 0 Å². The van der Waals surface area contributed by atoms with Crippen LogP contribution in [-0.4, -0.2) is 4.98 Å². The number of hydrogen-bond acceptors (Lipinski definition) is 4. The van der Waals surface area contributed by atoms with E-state index in [1.54, 1.807) is 11.3 Å². The lowest BCUT2D eigenvalue weighted by molar-refractivity contribution is 0.620. The topological polar surface area (TPSA) is 29.3 Å². The first kappa shape index (κ1) is 27.8. The third-order valence-electron chi connectivity index (χ3n) is 9.46. The molecule has 2 heterocycles. The van der Waals surface area contributed by atoms with Crippen LogP contribution in [-0.2, 0) is 0 Å². The van der Waals surface area contributed by atoms with Crippen molar-refractivity contribution in [2.45, 2.75) is 0 Å². The van der Waals surface area contributed by atoms with E-state index < -0.39 is 0 Å². The summed E-state index contributed by atoms with van der Waals surface area (Å²) in [5.74, 6) is 0.642. The van der Waals surface area contributed by atoms with E-state index in [1.165, 1.54) is 52.8 Å². The molecular weight excluding hydrogens is 617 g/mol. The fourth-order valence-electron chi connectivity index (χ4n) is 7.21. The zero-order valence-corrected chi connectivity index (χ0v) is 27.2. The molecule has 230 valence electrons. The standard InChI is InChI=1S/C45H28N2OS/c1-3-12-30(13-4-1)45-46-39-27-38-43(28-41(39)48-45)49-42-21-11-20-40(44(38)42)47(32-15-5-2-6-16-32)33-24-22-29(23-25-33)37-26-31-14-7-8-17-34(31)35-18-9-10-19-36(35)37/h1-28H. The van der Waals surface area contributed by atoms with E-state index in [-0.39, 0.29) is 0 Å². The van der Waals surface area contributed by atoms with Crippen LogP contribution in [0.15, 0.2) is 174 Å². The number of oxazole rings is 1. The Kier molecular flexibility index (Phi) is 6.36. The van der Waals surface area contributed by atoms with Crippen LogP contribution in [0.2, 0.25) is 0 Å². The molecule has 10 aromatic rings. The van der Waals surface area contributed by atoms with E-state index in [2.05, 4.69) is 144 Å². The van der Waals surface area contributed by atoms with Crippen LogP contribution in [0.25, 0.3) is 75.4 Å². The summed E-state index contributed by atoms with van der Waals surface area (Å²) in [6.45, 7) is 0. The van der Waals surface area contributed by atoms with Gasteiger partial charge in [0.05, 0.1) is 5.69 Å². The Hall–Kier alpha value is -6.23. The maximum atomic E-state index is 6.26. The van der Waals surface area contributed by atoms with Gasteiger partial charge in [-0.2, -0.15) is 0 Å². The van der Waals surface area contributed by atoms with Crippen LogP contribution in [0, 0.1) is 0 Å². The Labute approximate surface area is 286 Å². The first-order valence-corrected chi connectivity index (χ1v) is 17.3. The summed E-state index contributed by atoms with van der Waals surface area (Å²) in [5, 5.41) is 7.46. The van der Waals surface area contributed by atoms with Gasteiger partial charge in [0.25, 0.3) is 0 Å². The Balaban J connectivity index is 1.14. The highest BCUT2D eigenvalue weighted by atomic mass is 32.1. The summed E-state index contributed by atoms with van der Waals surface area (Å²) in [4.78, 5) is 7.29. The van der Waals surface area contributed by atoms with Crippen LogP contribution in [0.1, 0.15) is 0 Å². The van der Waals surface area contributed by atoms with Gasteiger partial charge in [-0.15, -0.1) is 11.3 Å². The summed E-state index contributed by atoms with van der Waals surface area (Å²) >= 11 is 1.79. The van der Waals surface area contributed by atoms with Gasteiger partial charge >= 0.3 is 0 Å². The molecule has 8 aromatic carbocycles. The fourth-order valence-corrected chi connectivity index (χ4v) is 8.34. The maximum Gasteiger partial charge on any atom is 0.227 e. The first-order valence-electron chi connectivity index (χ1n) is 16.5. The summed E-state index contributed by atoms with van der Waals surface area (Å²) in [6, 6.07) is 60.4. The van der Waals surface area contributed by atoms with Gasteiger partial charge in [-0.25, -0.2) is 4.98 Å². The highest BCUT2D eigenvalue weighted by Crippen LogP contribution is 2.46. The molecule has 0 saturated carbocycles. The van der Waals surface area contributed by atoms with Crippen molar-refractivity contribution in [1.82, 2.24) is 4.98 Å². The maximum absolute atomic E-state index is 6.26. The molecule has 49 heavy (non-hydrogen) atoms. The Morgan fingerprint density at radius 2 is 1.18 bits per heavy atom. The number of benzene rings is 8. The number of fused-ring (bicyclic) bond motifs is 7. The molecule has 0 N–H and O–H groups in total. The molecule has 0 atom stereocenters. The van der Waals surface area contributed by atoms with Crippen molar-refractivity contribution in [3.63, 3.8) is 0 Å². The zero-order chi connectivity index (χ0) is 32.3. The molecule has 0 aliphatic carbocycles. The van der Waals surface area contributed by atoms with Crippen molar-refractivity contribution in [3.05, 3.63) is 170 Å². The van der Waals surface area contributed by atoms with Gasteiger partial charge in [-0.05, 0) is 93.3 Å². The van der Waals surface area contributed by atoms with Gasteiger partial charge in [0.1, 0.15) is 5.52 Å². The highest BCUT2D eigenvalue weighted by Gasteiger charge is 2.20. The van der Waals surface area contributed by atoms with Crippen LogP contribution >= 0.6 is 11.3 Å². The van der Waals surface area contributed by atoms with Gasteiger partial charge in [-0.3, -0.25) is 0 Å². The molecular formula is C45H28N2OS. The molecule has 0 fully saturated rings. The minimum atomic E-state index is 0.642. The SMILES string of the molecule is c1ccc(-c2nc3cc4c(cc3o2)sc2cccc(N(c3ccccc3)c3ccc(-c5cc6ccccc6c6ccccc56)cc3)c24)cc1. The number of para-hydroxylation sites is 1. The van der Waals surface area contributed by atoms with Crippen molar-refractivity contribution in [3.8, 4) is 22.6 Å². The van der Waals surface area contributed by atoms with Crippen molar-refractivity contribution < 1.29 is 4.42 Å². The van der Waals surface area contributed by atoms with Gasteiger partial charge in [0, 0.05) is 43.2 Å². The Bertz CT molecular complexity index is 2820. The monoisotopic (exact) mass is 644 g/mol. The van der Waals surface area contributed by atoms with Crippen molar-refractivity contribution in [1.29, 1.82) is 0 Å². The van der Waals surface area contributed by atoms with E-state index in [4.69, 9.17) is 9.40 Å². The van der Waals surface area contributed by atoms with Crippen LogP contribution in [0.3, 0.4) is 0 Å². The number of aromatic nitrogens is 1. The minimum absolute atomic E-state index is 0.642. The van der Waals surface area contributed by atoms with Gasteiger partial charge in [0.2, 0.25) is 5.89 Å². The predicted molar refractivity (Wildman–Crippen MR) is 207 cm³/mol. The van der Waals surface area contributed by atoms with Crippen molar-refractivity contribution in [2.75, 3.05) is 4.90 Å². The Morgan fingerprint density at radius 3 is 2.00 bits per heavy atom. The lowest BCUT2D eigenvalue weighted by Gasteiger charge is -2.26. The minimum Gasteiger partial charge on any atom is -0.436 e. The third-order valence-corrected chi connectivity index (χ3v) is 10.6. The largest absolute Gasteiger partial charge is 0.436 e. The molecule has 3 nitrogen and oxygen atoms in total. The van der Waals surface area contributed by atoms with E-state index in [9.17, 15) is 0 Å². The molecule has 0 spiro atoms. The number of anilines is 3. The summed E-state index contributed by atoms with van der Waals surface area (Å²) in [6.07, 6.45) is 0. The second-order valence-electron chi connectivity index (χ2n) is 12.4. The summed E-state index contributed by atoms with van der Waals surface area (Å²) in [5.41, 5.74) is 8.40. The molecule has 0 radical (unpaired) electrons. The normalized spacial score (nSPS) is 11.7. The van der Waals surface area contributed by atoms with E-state index in [0.29, 0.717) is 5.89 Å². The number of nitrogens with zero attached hydrogens (tertiary/aromatic N) is 2. The summed E-state index contributed by atoms with van der Waals surface area (Å²) < 4.78 is 8.66. The number of rotatable bonds is 5. The molecule has 4 heteroatoms. The van der Waals surface area contributed by atoms with Gasteiger partial charge in [0.15, 0.2) is 5.58 Å². The average molecular weight is 645 g/mol. The van der Waals surface area contributed by atoms with Crippen LogP contribution in [0.5, 0.6) is 0 Å². The molecule has 0 bridgehead atoms. The third kappa shape index (κ3) is 4.61. The predicted octanol–water partition coefficient (Wildman–Crippen LogP) is 13.3. The average Bonchev–Trinajstić information content (AvgIpc) is 3.76. The quantitative estimate of drug-likeness (QED) is 0.175. The van der Waals surface area contributed by atoms with Crippen LogP contribution in [0.4, 0.5) is 17.1 Å². The second kappa shape index (κ2) is 11.2. The van der Waals surface area contributed by atoms with Gasteiger partial charge in [-0.1, -0.05) is 103 Å². The van der Waals surface area contributed by atoms with Gasteiger partial charge < -0.3 is 9.32 Å². The van der Waals surface area contributed by atoms with E-state index in [1.807, 2.05) is 30.3 Å². The lowest BCUT2D eigenvalue weighted by atomic mass is 9.93. The van der Waals surface area contributed by atoms with E-state index >= 15 is 0 Å². The van der Waals surface area contributed by atoms with E-state index in [0.717, 1.165) is 33.7 Å². The highest BCUT2D eigenvalue weighted by molar-refractivity contribution is 7.26. The zero-order valence-electron chi connectivity index (χ0n) is 26.4. The molecule has 0 unspecified atom stereocenters. The number of thiophene rings is 1. The smallest absolute Gasteiger partial charge is 0.227 e. The fraction of sp³-hybridized carbons (Fsp3) is 0. The molecule has 2 aromatic heterocycles. The molecule has 0 saturated heterocycles. The first-order chi connectivity index (χ1) is 24.3. The lowest BCUT2D eigenvalue weighted by Crippen LogP contribution is -2.10. The second-order valence-corrected chi connectivity index (χ2v) is 13.4. The molecule has 0 aliphatic heterocycles. The molecule has 0 aliphatic rings. The number of hydrogen-bond donors (Lipinski definition) is 0.